The van der Waals surface area contributed by atoms with E-state index in [2.05, 4.69) is 31.1 Å². The average molecular weight is 298 g/mol. The monoisotopic (exact) mass is 297 g/mol. The van der Waals surface area contributed by atoms with E-state index in [0.717, 1.165) is 0 Å². The maximum absolute atomic E-state index is 5.52. The Hall–Kier alpha value is -1.43. The SMILES string of the molecule is CC(C)c1nc(COc2cccnc2Br)no1. The molecule has 0 aromatic carbocycles. The lowest BCUT2D eigenvalue weighted by atomic mass is 10.2. The van der Waals surface area contributed by atoms with Gasteiger partial charge in [-0.05, 0) is 28.1 Å². The molecule has 0 unspecified atom stereocenters. The molecule has 0 fully saturated rings. The van der Waals surface area contributed by atoms with E-state index in [4.69, 9.17) is 9.26 Å². The second kappa shape index (κ2) is 5.27. The van der Waals surface area contributed by atoms with Crippen LogP contribution in [0.5, 0.6) is 5.75 Å². The lowest BCUT2D eigenvalue weighted by Gasteiger charge is -2.03. The predicted molar refractivity (Wildman–Crippen MR) is 64.7 cm³/mol. The molecule has 0 bridgehead atoms. The topological polar surface area (TPSA) is 61.0 Å². The van der Waals surface area contributed by atoms with E-state index in [1.807, 2.05) is 19.9 Å². The molecule has 0 saturated carbocycles. The van der Waals surface area contributed by atoms with Crippen molar-refractivity contribution in [2.45, 2.75) is 26.4 Å². The highest BCUT2D eigenvalue weighted by molar-refractivity contribution is 9.10. The molecule has 0 amide bonds. The van der Waals surface area contributed by atoms with Gasteiger partial charge in [-0.2, -0.15) is 4.98 Å². The Labute approximate surface area is 107 Å². The van der Waals surface area contributed by atoms with Crippen LogP contribution in [0.3, 0.4) is 0 Å². The molecule has 0 aliphatic carbocycles. The molecule has 2 heterocycles. The minimum absolute atomic E-state index is 0.223. The molecule has 0 aliphatic heterocycles. The van der Waals surface area contributed by atoms with E-state index >= 15 is 0 Å². The van der Waals surface area contributed by atoms with Crippen molar-refractivity contribution >= 4 is 15.9 Å². The summed E-state index contributed by atoms with van der Waals surface area (Å²) >= 11 is 3.30. The first-order valence-corrected chi connectivity index (χ1v) is 6.02. The predicted octanol–water partition coefficient (Wildman–Crippen LogP) is 2.93. The van der Waals surface area contributed by atoms with Crippen LogP contribution in [0, 0.1) is 0 Å². The van der Waals surface area contributed by atoms with Crippen LogP contribution in [-0.4, -0.2) is 15.1 Å². The minimum atomic E-state index is 0.223. The van der Waals surface area contributed by atoms with Gasteiger partial charge in [0.25, 0.3) is 0 Å². The van der Waals surface area contributed by atoms with Crippen LogP contribution in [-0.2, 0) is 6.61 Å². The number of rotatable bonds is 4. The second-order valence-electron chi connectivity index (χ2n) is 3.78. The summed E-state index contributed by atoms with van der Waals surface area (Å²) in [5.74, 6) is 2.03. The number of aromatic nitrogens is 3. The van der Waals surface area contributed by atoms with Crippen LogP contribution in [0.25, 0.3) is 0 Å². The molecule has 0 N–H and O–H groups in total. The molecule has 0 aliphatic rings. The first-order valence-electron chi connectivity index (χ1n) is 5.22. The van der Waals surface area contributed by atoms with Crippen molar-refractivity contribution in [2.24, 2.45) is 0 Å². The Balaban J connectivity index is 2.00. The van der Waals surface area contributed by atoms with Gasteiger partial charge in [0, 0.05) is 12.1 Å². The number of pyridine rings is 1. The molecule has 5 nitrogen and oxygen atoms in total. The number of hydrogen-bond donors (Lipinski definition) is 0. The van der Waals surface area contributed by atoms with Gasteiger partial charge in [0.2, 0.25) is 11.7 Å². The van der Waals surface area contributed by atoms with E-state index in [1.54, 1.807) is 12.3 Å². The van der Waals surface area contributed by atoms with Crippen molar-refractivity contribution in [3.05, 3.63) is 34.6 Å². The smallest absolute Gasteiger partial charge is 0.229 e. The summed E-state index contributed by atoms with van der Waals surface area (Å²) in [5.41, 5.74) is 0. The van der Waals surface area contributed by atoms with Gasteiger partial charge in [0.15, 0.2) is 12.4 Å². The van der Waals surface area contributed by atoms with Crippen LogP contribution >= 0.6 is 15.9 Å². The third-order valence-corrected chi connectivity index (χ3v) is 2.65. The van der Waals surface area contributed by atoms with Crippen molar-refractivity contribution < 1.29 is 9.26 Å². The molecular formula is C11H12BrN3O2. The van der Waals surface area contributed by atoms with Crippen molar-refractivity contribution in [3.8, 4) is 5.75 Å². The van der Waals surface area contributed by atoms with E-state index in [9.17, 15) is 0 Å². The zero-order valence-corrected chi connectivity index (χ0v) is 11.1. The lowest BCUT2D eigenvalue weighted by molar-refractivity contribution is 0.281. The van der Waals surface area contributed by atoms with Crippen LogP contribution in [0.15, 0.2) is 27.5 Å². The van der Waals surface area contributed by atoms with Crippen molar-refractivity contribution in [3.63, 3.8) is 0 Å². The number of ether oxygens (including phenoxy) is 1. The molecule has 0 radical (unpaired) electrons. The Bertz CT molecular complexity index is 499. The van der Waals surface area contributed by atoms with Gasteiger partial charge in [-0.3, -0.25) is 0 Å². The zero-order chi connectivity index (χ0) is 12.3. The minimum Gasteiger partial charge on any atom is -0.483 e. The largest absolute Gasteiger partial charge is 0.483 e. The van der Waals surface area contributed by atoms with Crippen LogP contribution in [0.1, 0.15) is 31.5 Å². The average Bonchev–Trinajstić information content (AvgIpc) is 2.77. The van der Waals surface area contributed by atoms with E-state index in [0.29, 0.717) is 22.1 Å². The summed E-state index contributed by atoms with van der Waals surface area (Å²) in [6.45, 7) is 4.26. The summed E-state index contributed by atoms with van der Waals surface area (Å²) in [6.07, 6.45) is 1.68. The summed E-state index contributed by atoms with van der Waals surface area (Å²) in [5, 5.41) is 3.84. The van der Waals surface area contributed by atoms with Gasteiger partial charge < -0.3 is 9.26 Å². The Morgan fingerprint density at radius 2 is 2.29 bits per heavy atom. The molecule has 0 saturated heterocycles. The fourth-order valence-corrected chi connectivity index (χ4v) is 1.55. The highest BCUT2D eigenvalue weighted by Crippen LogP contribution is 2.22. The third-order valence-electron chi connectivity index (χ3n) is 2.06. The maximum atomic E-state index is 5.52. The van der Waals surface area contributed by atoms with Crippen LogP contribution < -0.4 is 4.74 Å². The molecule has 0 atom stereocenters. The molecule has 2 aromatic heterocycles. The normalized spacial score (nSPS) is 10.8. The molecule has 17 heavy (non-hydrogen) atoms. The van der Waals surface area contributed by atoms with Gasteiger partial charge in [-0.1, -0.05) is 19.0 Å². The third kappa shape index (κ3) is 3.03. The summed E-state index contributed by atoms with van der Waals surface area (Å²) < 4.78 is 11.3. The summed E-state index contributed by atoms with van der Waals surface area (Å²) in [4.78, 5) is 8.27. The molecule has 6 heteroatoms. The van der Waals surface area contributed by atoms with Gasteiger partial charge in [0.05, 0.1) is 0 Å². The van der Waals surface area contributed by atoms with Crippen molar-refractivity contribution in [1.29, 1.82) is 0 Å². The van der Waals surface area contributed by atoms with Gasteiger partial charge in [-0.15, -0.1) is 0 Å². The summed E-state index contributed by atoms with van der Waals surface area (Å²) in [6, 6.07) is 3.62. The van der Waals surface area contributed by atoms with Crippen molar-refractivity contribution in [1.82, 2.24) is 15.1 Å². The Kier molecular flexibility index (Phi) is 3.73. The molecule has 0 spiro atoms. The van der Waals surface area contributed by atoms with Gasteiger partial charge in [0.1, 0.15) is 4.60 Å². The fourth-order valence-electron chi connectivity index (χ4n) is 1.18. The molecule has 2 aromatic rings. The maximum Gasteiger partial charge on any atom is 0.229 e. The number of nitrogens with zero attached hydrogens (tertiary/aromatic N) is 3. The quantitative estimate of drug-likeness (QED) is 0.812. The van der Waals surface area contributed by atoms with E-state index < -0.39 is 0 Å². The van der Waals surface area contributed by atoms with Crippen molar-refractivity contribution in [2.75, 3.05) is 0 Å². The number of halogens is 1. The fraction of sp³-hybridized carbons (Fsp3) is 0.364. The van der Waals surface area contributed by atoms with Crippen LogP contribution in [0.2, 0.25) is 0 Å². The Morgan fingerprint density at radius 3 is 2.94 bits per heavy atom. The molecular weight excluding hydrogens is 286 g/mol. The first-order chi connectivity index (χ1) is 8.16. The van der Waals surface area contributed by atoms with Gasteiger partial charge >= 0.3 is 0 Å². The van der Waals surface area contributed by atoms with E-state index in [-0.39, 0.29) is 12.5 Å². The van der Waals surface area contributed by atoms with Gasteiger partial charge in [-0.25, -0.2) is 4.98 Å². The molecule has 2 rings (SSSR count). The summed E-state index contributed by atoms with van der Waals surface area (Å²) in [7, 11) is 0. The van der Waals surface area contributed by atoms with E-state index in [1.165, 1.54) is 0 Å². The highest BCUT2D eigenvalue weighted by Gasteiger charge is 2.10. The second-order valence-corrected chi connectivity index (χ2v) is 4.54. The molecule has 90 valence electrons. The first kappa shape index (κ1) is 12.0. The van der Waals surface area contributed by atoms with Crippen LogP contribution in [0.4, 0.5) is 0 Å². The lowest BCUT2D eigenvalue weighted by Crippen LogP contribution is -1.99. The standard InChI is InChI=1S/C11H12BrN3O2/c1-7(2)11-14-9(15-17-11)6-16-8-4-3-5-13-10(8)12/h3-5,7H,6H2,1-2H3. The number of hydrogen-bond acceptors (Lipinski definition) is 5. The zero-order valence-electron chi connectivity index (χ0n) is 9.55. The highest BCUT2D eigenvalue weighted by atomic mass is 79.9. The Morgan fingerprint density at radius 1 is 1.47 bits per heavy atom.